The second-order valence-corrected chi connectivity index (χ2v) is 4.62. The van der Waals surface area contributed by atoms with Gasteiger partial charge in [0, 0.05) is 6.20 Å². The lowest BCUT2D eigenvalue weighted by Gasteiger charge is -2.15. The second-order valence-electron chi connectivity index (χ2n) is 4.62. The Kier molecular flexibility index (Phi) is 4.23. The average molecular weight is 302 g/mol. The first-order valence-corrected chi connectivity index (χ1v) is 6.03. The molecule has 1 aromatic heterocycles. The van der Waals surface area contributed by atoms with Crippen molar-refractivity contribution >= 4 is 5.97 Å². The van der Waals surface area contributed by atoms with E-state index in [0.29, 0.717) is 0 Å². The van der Waals surface area contributed by atoms with E-state index in [9.17, 15) is 24.6 Å². The fourth-order valence-corrected chi connectivity index (χ4v) is 2.15. The van der Waals surface area contributed by atoms with Gasteiger partial charge in [-0.05, 0) is 0 Å². The zero-order valence-electron chi connectivity index (χ0n) is 10.7. The summed E-state index contributed by atoms with van der Waals surface area (Å²) in [6.07, 6.45) is -4.29. The van der Waals surface area contributed by atoms with Crippen LogP contribution in [-0.2, 0) is 16.1 Å². The predicted octanol–water partition coefficient (Wildman–Crippen LogP) is -3.22. The fraction of sp³-hybridized carbons (Fsp3) is 0.545. The zero-order valence-corrected chi connectivity index (χ0v) is 10.7. The van der Waals surface area contributed by atoms with Crippen molar-refractivity contribution in [2.45, 2.75) is 31.0 Å². The molecular formula is C11H14N2O8. The highest BCUT2D eigenvalue weighted by molar-refractivity contribution is 5.66. The first kappa shape index (κ1) is 15.4. The standard InChI is InChI=1S/C11H14N2O8/c14-3-5-7(17)8(18)9(21-5)4-1-13(2-6(15)16)11(20)12-10(4)19/h1,5,7-9,14,17-18H,2-3H2,(H,15,16)(H,12,19,20)/t5-,7-,8-,9+/m1/s1. The van der Waals surface area contributed by atoms with Crippen molar-refractivity contribution in [3.63, 3.8) is 0 Å². The van der Waals surface area contributed by atoms with Gasteiger partial charge in [-0.1, -0.05) is 0 Å². The third-order valence-electron chi connectivity index (χ3n) is 3.19. The molecule has 0 saturated carbocycles. The predicted molar refractivity (Wildman–Crippen MR) is 65.7 cm³/mol. The molecule has 5 N–H and O–H groups in total. The van der Waals surface area contributed by atoms with Crippen LogP contribution in [-0.4, -0.2) is 60.9 Å². The number of hydrogen-bond donors (Lipinski definition) is 5. The van der Waals surface area contributed by atoms with Crippen LogP contribution >= 0.6 is 0 Å². The number of nitrogens with zero attached hydrogens (tertiary/aromatic N) is 1. The first-order valence-electron chi connectivity index (χ1n) is 6.03. The highest BCUT2D eigenvalue weighted by Crippen LogP contribution is 2.31. The van der Waals surface area contributed by atoms with Gasteiger partial charge in [-0.15, -0.1) is 0 Å². The molecule has 0 aromatic carbocycles. The summed E-state index contributed by atoms with van der Waals surface area (Å²) in [7, 11) is 0. The minimum atomic E-state index is -1.49. The van der Waals surface area contributed by atoms with Gasteiger partial charge < -0.3 is 25.2 Å². The Bertz CT molecular complexity index is 650. The molecule has 10 heteroatoms. The normalized spacial score (nSPS) is 28.7. The average Bonchev–Trinajstić information content (AvgIpc) is 2.69. The van der Waals surface area contributed by atoms with E-state index in [-0.39, 0.29) is 5.56 Å². The molecule has 4 atom stereocenters. The van der Waals surface area contributed by atoms with E-state index in [1.54, 1.807) is 0 Å². The molecule has 0 amide bonds. The van der Waals surface area contributed by atoms with Crippen molar-refractivity contribution in [2.24, 2.45) is 0 Å². The number of aromatic nitrogens is 2. The Hall–Kier alpha value is -2.01. The van der Waals surface area contributed by atoms with Crippen molar-refractivity contribution in [3.05, 3.63) is 32.6 Å². The third-order valence-corrected chi connectivity index (χ3v) is 3.19. The topological polar surface area (TPSA) is 162 Å². The summed E-state index contributed by atoms with van der Waals surface area (Å²) in [5.41, 5.74) is -1.99. The van der Waals surface area contributed by atoms with Gasteiger partial charge in [0.25, 0.3) is 5.56 Å². The minimum Gasteiger partial charge on any atom is -0.480 e. The van der Waals surface area contributed by atoms with E-state index in [1.165, 1.54) is 0 Å². The molecule has 1 aliphatic rings. The molecule has 116 valence electrons. The molecule has 1 aliphatic heterocycles. The molecule has 0 radical (unpaired) electrons. The summed E-state index contributed by atoms with van der Waals surface area (Å²) in [5.74, 6) is -1.30. The summed E-state index contributed by atoms with van der Waals surface area (Å²) in [4.78, 5) is 35.8. The number of ether oxygens (including phenoxy) is 1. The molecule has 1 saturated heterocycles. The second kappa shape index (κ2) is 5.77. The van der Waals surface area contributed by atoms with Gasteiger partial charge in [-0.2, -0.15) is 0 Å². The third kappa shape index (κ3) is 2.88. The molecule has 1 aromatic rings. The zero-order chi connectivity index (χ0) is 15.7. The maximum atomic E-state index is 11.8. The first-order chi connectivity index (χ1) is 9.85. The quantitative estimate of drug-likeness (QED) is 0.388. The fourth-order valence-electron chi connectivity index (χ4n) is 2.15. The van der Waals surface area contributed by atoms with E-state index in [4.69, 9.17) is 14.9 Å². The Balaban J connectivity index is 2.42. The monoisotopic (exact) mass is 302 g/mol. The number of carbonyl (C=O) groups is 1. The maximum absolute atomic E-state index is 11.8. The Morgan fingerprint density at radius 3 is 2.52 bits per heavy atom. The number of carboxylic acid groups (broad SMARTS) is 1. The number of aromatic amines is 1. The number of hydrogen-bond acceptors (Lipinski definition) is 7. The van der Waals surface area contributed by atoms with Crippen LogP contribution in [0.4, 0.5) is 0 Å². The summed E-state index contributed by atoms with van der Waals surface area (Å²) in [5, 5.41) is 37.2. The van der Waals surface area contributed by atoms with Gasteiger partial charge in [0.15, 0.2) is 0 Å². The minimum absolute atomic E-state index is 0.210. The summed E-state index contributed by atoms with van der Waals surface area (Å²) >= 11 is 0. The van der Waals surface area contributed by atoms with Crippen LogP contribution < -0.4 is 11.2 Å². The van der Waals surface area contributed by atoms with Gasteiger partial charge in [0.2, 0.25) is 0 Å². The van der Waals surface area contributed by atoms with Gasteiger partial charge in [-0.25, -0.2) is 4.79 Å². The number of rotatable bonds is 4. The van der Waals surface area contributed by atoms with E-state index in [2.05, 4.69) is 0 Å². The van der Waals surface area contributed by atoms with Crippen molar-refractivity contribution in [3.8, 4) is 0 Å². The summed E-state index contributed by atoms with van der Waals surface area (Å²) in [6.45, 7) is -1.25. The van der Waals surface area contributed by atoms with Crippen LogP contribution in [0.25, 0.3) is 0 Å². The van der Waals surface area contributed by atoms with Gasteiger partial charge >= 0.3 is 11.7 Å². The van der Waals surface area contributed by atoms with Crippen LogP contribution in [0, 0.1) is 0 Å². The van der Waals surface area contributed by atoms with Crippen LogP contribution in [0.2, 0.25) is 0 Å². The molecule has 0 aliphatic carbocycles. The lowest BCUT2D eigenvalue weighted by Crippen LogP contribution is -2.36. The van der Waals surface area contributed by atoms with E-state index in [1.807, 2.05) is 4.98 Å². The smallest absolute Gasteiger partial charge is 0.328 e. The molecule has 2 rings (SSSR count). The lowest BCUT2D eigenvalue weighted by atomic mass is 10.0. The van der Waals surface area contributed by atoms with Gasteiger partial charge in [-0.3, -0.25) is 19.1 Å². The lowest BCUT2D eigenvalue weighted by molar-refractivity contribution is -0.137. The van der Waals surface area contributed by atoms with Crippen molar-refractivity contribution in [2.75, 3.05) is 6.61 Å². The molecule has 1 fully saturated rings. The molecule has 10 nitrogen and oxygen atoms in total. The van der Waals surface area contributed by atoms with Crippen molar-refractivity contribution in [1.82, 2.24) is 9.55 Å². The van der Waals surface area contributed by atoms with Crippen molar-refractivity contribution in [1.29, 1.82) is 0 Å². The van der Waals surface area contributed by atoms with E-state index < -0.39 is 54.8 Å². The number of H-pyrrole nitrogens is 1. The van der Waals surface area contributed by atoms with E-state index in [0.717, 1.165) is 10.8 Å². The molecule has 2 heterocycles. The number of aliphatic hydroxyl groups excluding tert-OH is 3. The highest BCUT2D eigenvalue weighted by atomic mass is 16.6. The molecule has 21 heavy (non-hydrogen) atoms. The van der Waals surface area contributed by atoms with Gasteiger partial charge in [0.1, 0.15) is 31.0 Å². The molecule has 0 bridgehead atoms. The summed E-state index contributed by atoms with van der Waals surface area (Å²) < 4.78 is 5.90. The summed E-state index contributed by atoms with van der Waals surface area (Å²) in [6, 6.07) is 0. The highest BCUT2D eigenvalue weighted by Gasteiger charge is 2.44. The maximum Gasteiger partial charge on any atom is 0.328 e. The molecule has 0 unspecified atom stereocenters. The number of nitrogens with one attached hydrogen (secondary N) is 1. The Labute approximate surface area is 116 Å². The largest absolute Gasteiger partial charge is 0.480 e. The van der Waals surface area contributed by atoms with Gasteiger partial charge in [0.05, 0.1) is 12.2 Å². The van der Waals surface area contributed by atoms with Crippen LogP contribution in [0.1, 0.15) is 11.7 Å². The SMILES string of the molecule is O=C(O)Cn1cc([C@@H]2O[C@H](CO)[C@@H](O)[C@H]2O)c(=O)[nH]c1=O. The van der Waals surface area contributed by atoms with Crippen LogP contribution in [0.15, 0.2) is 15.8 Å². The molecule has 0 spiro atoms. The van der Waals surface area contributed by atoms with E-state index >= 15 is 0 Å². The van der Waals surface area contributed by atoms with Crippen LogP contribution in [0.3, 0.4) is 0 Å². The number of aliphatic hydroxyl groups is 3. The van der Waals surface area contributed by atoms with Crippen molar-refractivity contribution < 1.29 is 30.0 Å². The molecular weight excluding hydrogens is 288 g/mol. The Morgan fingerprint density at radius 1 is 1.33 bits per heavy atom. The number of aliphatic carboxylic acids is 1. The number of carboxylic acids is 1. The Morgan fingerprint density at radius 2 is 2.00 bits per heavy atom. The van der Waals surface area contributed by atoms with Crippen LogP contribution in [0.5, 0.6) is 0 Å².